The largest absolute Gasteiger partial charge is 0.457 e. The van der Waals surface area contributed by atoms with Gasteiger partial charge >= 0.3 is 0 Å². The summed E-state index contributed by atoms with van der Waals surface area (Å²) >= 11 is 1.80. The molecule has 22 heavy (non-hydrogen) atoms. The highest BCUT2D eigenvalue weighted by Gasteiger charge is 2.29. The Labute approximate surface area is 135 Å². The predicted molar refractivity (Wildman–Crippen MR) is 92.1 cm³/mol. The molecule has 0 N–H and O–H groups in total. The molecule has 0 bridgehead atoms. The summed E-state index contributed by atoms with van der Waals surface area (Å²) in [5.41, 5.74) is 3.82. The molecule has 0 unspecified atom stereocenters. The van der Waals surface area contributed by atoms with Crippen molar-refractivity contribution >= 4 is 11.8 Å². The Morgan fingerprint density at radius 3 is 1.77 bits per heavy atom. The van der Waals surface area contributed by atoms with Crippen LogP contribution in [-0.2, 0) is 0 Å². The number of hydrogen-bond donors (Lipinski definition) is 0. The molecule has 1 aliphatic rings. The Balaban J connectivity index is 1.99. The van der Waals surface area contributed by atoms with Crippen molar-refractivity contribution in [2.24, 2.45) is 0 Å². The summed E-state index contributed by atoms with van der Waals surface area (Å²) in [5, 5.41) is 0. The van der Waals surface area contributed by atoms with Gasteiger partial charge in [0.05, 0.1) is 0 Å². The molecule has 0 atom stereocenters. The summed E-state index contributed by atoms with van der Waals surface area (Å²) in [6.07, 6.45) is 2.13. The van der Waals surface area contributed by atoms with Crippen molar-refractivity contribution in [1.29, 1.82) is 0 Å². The van der Waals surface area contributed by atoms with Gasteiger partial charge in [-0.05, 0) is 30.0 Å². The van der Waals surface area contributed by atoms with Crippen molar-refractivity contribution in [3.63, 3.8) is 0 Å². The summed E-state index contributed by atoms with van der Waals surface area (Å²) < 4.78 is 6.10. The Hall–Kier alpha value is -2.19. The monoisotopic (exact) mass is 304 g/mol. The number of hydrogen-bond acceptors (Lipinski definition) is 2. The van der Waals surface area contributed by atoms with Crippen molar-refractivity contribution in [2.45, 2.75) is 10.8 Å². The van der Waals surface area contributed by atoms with Gasteiger partial charge in [0.25, 0.3) is 0 Å². The van der Waals surface area contributed by atoms with E-state index in [4.69, 9.17) is 4.74 Å². The zero-order valence-corrected chi connectivity index (χ0v) is 13.1. The molecule has 3 aromatic carbocycles. The second-order valence-corrected chi connectivity index (χ2v) is 6.20. The summed E-state index contributed by atoms with van der Waals surface area (Å²) in [4.78, 5) is 1.32. The normalized spacial score (nSPS) is 13.1. The van der Waals surface area contributed by atoms with Crippen LogP contribution in [0.1, 0.15) is 22.6 Å². The van der Waals surface area contributed by atoms with E-state index in [-0.39, 0.29) is 5.92 Å². The molecule has 4 rings (SSSR count). The number of ether oxygens (including phenoxy) is 1. The van der Waals surface area contributed by atoms with Crippen molar-refractivity contribution in [1.82, 2.24) is 0 Å². The van der Waals surface area contributed by atoms with Gasteiger partial charge in [0.2, 0.25) is 0 Å². The third kappa shape index (κ3) is 2.11. The van der Waals surface area contributed by atoms with Gasteiger partial charge in [0.1, 0.15) is 11.5 Å². The summed E-state index contributed by atoms with van der Waals surface area (Å²) in [7, 11) is 0. The molecule has 0 fully saturated rings. The first-order valence-corrected chi connectivity index (χ1v) is 8.59. The minimum absolute atomic E-state index is 0.227. The van der Waals surface area contributed by atoms with Crippen LogP contribution in [-0.4, -0.2) is 6.26 Å². The van der Waals surface area contributed by atoms with E-state index >= 15 is 0 Å². The van der Waals surface area contributed by atoms with Crippen LogP contribution in [0.4, 0.5) is 0 Å². The first kappa shape index (κ1) is 13.5. The number of thioether (sulfide) groups is 1. The van der Waals surface area contributed by atoms with Crippen LogP contribution < -0.4 is 4.74 Å². The number of para-hydroxylation sites is 2. The Bertz CT molecular complexity index is 780. The minimum atomic E-state index is 0.227. The van der Waals surface area contributed by atoms with Crippen molar-refractivity contribution in [2.75, 3.05) is 6.26 Å². The number of rotatable bonds is 2. The highest BCUT2D eigenvalue weighted by atomic mass is 32.2. The molecule has 0 radical (unpaired) electrons. The summed E-state index contributed by atoms with van der Waals surface area (Å²) in [6.45, 7) is 0. The van der Waals surface area contributed by atoms with Crippen LogP contribution in [0, 0.1) is 0 Å². The lowest BCUT2D eigenvalue weighted by Crippen LogP contribution is -2.12. The minimum Gasteiger partial charge on any atom is -0.457 e. The quantitative estimate of drug-likeness (QED) is 0.440. The van der Waals surface area contributed by atoms with Crippen molar-refractivity contribution in [3.8, 4) is 11.5 Å². The number of fused-ring (bicyclic) bond motifs is 2. The molecule has 0 saturated carbocycles. The van der Waals surface area contributed by atoms with Crippen molar-refractivity contribution < 1.29 is 4.74 Å². The zero-order chi connectivity index (χ0) is 14.9. The van der Waals surface area contributed by atoms with E-state index in [1.807, 2.05) is 12.1 Å². The van der Waals surface area contributed by atoms with Gasteiger partial charge in [-0.2, -0.15) is 0 Å². The van der Waals surface area contributed by atoms with E-state index in [0.717, 1.165) is 11.5 Å². The third-order valence-corrected chi connectivity index (χ3v) is 4.94. The lowest BCUT2D eigenvalue weighted by Gasteiger charge is -2.29. The maximum atomic E-state index is 6.10. The zero-order valence-electron chi connectivity index (χ0n) is 12.3. The Kier molecular flexibility index (Phi) is 3.39. The number of benzene rings is 3. The Morgan fingerprint density at radius 1 is 0.682 bits per heavy atom. The molecule has 2 heteroatoms. The smallest absolute Gasteiger partial charge is 0.131 e. The lowest BCUT2D eigenvalue weighted by molar-refractivity contribution is 0.452. The van der Waals surface area contributed by atoms with E-state index in [0.29, 0.717) is 0 Å². The molecule has 3 aromatic rings. The second kappa shape index (κ2) is 5.54. The highest BCUT2D eigenvalue weighted by molar-refractivity contribution is 7.98. The maximum Gasteiger partial charge on any atom is 0.131 e. The molecule has 0 amide bonds. The van der Waals surface area contributed by atoms with Crippen LogP contribution in [0.5, 0.6) is 11.5 Å². The molecule has 0 aliphatic carbocycles. The van der Waals surface area contributed by atoms with Gasteiger partial charge in [-0.1, -0.05) is 54.6 Å². The fourth-order valence-electron chi connectivity index (χ4n) is 3.15. The van der Waals surface area contributed by atoms with Crippen LogP contribution in [0.15, 0.2) is 77.7 Å². The average Bonchev–Trinajstić information content (AvgIpc) is 2.59. The van der Waals surface area contributed by atoms with Gasteiger partial charge in [-0.3, -0.25) is 0 Å². The topological polar surface area (TPSA) is 9.23 Å². The third-order valence-electron chi connectivity index (χ3n) is 4.13. The summed E-state index contributed by atoms with van der Waals surface area (Å²) in [5.74, 6) is 2.15. The molecule has 0 aromatic heterocycles. The van der Waals surface area contributed by atoms with Crippen molar-refractivity contribution in [3.05, 3.63) is 89.5 Å². The first-order chi connectivity index (χ1) is 10.9. The van der Waals surface area contributed by atoms with E-state index in [1.165, 1.54) is 21.6 Å². The van der Waals surface area contributed by atoms with Gasteiger partial charge in [0.15, 0.2) is 0 Å². The fraction of sp³-hybridized carbons (Fsp3) is 0.100. The van der Waals surface area contributed by atoms with Crippen LogP contribution in [0.25, 0.3) is 0 Å². The lowest BCUT2D eigenvalue weighted by atomic mass is 9.83. The molecule has 0 spiro atoms. The molecule has 1 aliphatic heterocycles. The molecule has 1 nitrogen and oxygen atoms in total. The van der Waals surface area contributed by atoms with Crippen LogP contribution >= 0.6 is 11.8 Å². The predicted octanol–water partition coefficient (Wildman–Crippen LogP) is 5.69. The summed E-state index contributed by atoms with van der Waals surface area (Å²) in [6, 6.07) is 25.3. The van der Waals surface area contributed by atoms with Gasteiger partial charge < -0.3 is 4.74 Å². The average molecular weight is 304 g/mol. The fourth-order valence-corrected chi connectivity index (χ4v) is 3.79. The van der Waals surface area contributed by atoms with Gasteiger partial charge in [-0.15, -0.1) is 11.8 Å². The molecule has 108 valence electrons. The molecular weight excluding hydrogens is 288 g/mol. The van der Waals surface area contributed by atoms with Crippen LogP contribution in [0.3, 0.4) is 0 Å². The molecule has 1 heterocycles. The van der Waals surface area contributed by atoms with E-state index in [1.54, 1.807) is 11.8 Å². The Morgan fingerprint density at radius 2 is 1.18 bits per heavy atom. The van der Waals surface area contributed by atoms with Gasteiger partial charge in [-0.25, -0.2) is 0 Å². The van der Waals surface area contributed by atoms with E-state index in [2.05, 4.69) is 66.9 Å². The second-order valence-electron chi connectivity index (χ2n) is 5.35. The standard InChI is InChI=1S/C20H16OS/c1-22-19-13-7-4-10-16(19)20-14-8-2-5-11-17(14)21-18-12-6-3-9-15(18)20/h2-13,20H,1H3. The highest BCUT2D eigenvalue weighted by Crippen LogP contribution is 2.48. The van der Waals surface area contributed by atoms with E-state index in [9.17, 15) is 0 Å². The van der Waals surface area contributed by atoms with Gasteiger partial charge in [0, 0.05) is 21.9 Å². The van der Waals surface area contributed by atoms with Crippen LogP contribution in [0.2, 0.25) is 0 Å². The SMILES string of the molecule is CSc1ccccc1C1c2ccccc2Oc2ccccc21. The molecule has 0 saturated heterocycles. The first-order valence-electron chi connectivity index (χ1n) is 7.37. The van der Waals surface area contributed by atoms with E-state index < -0.39 is 0 Å². The maximum absolute atomic E-state index is 6.10. The molecular formula is C20H16OS.